The van der Waals surface area contributed by atoms with Gasteiger partial charge in [-0.3, -0.25) is 0 Å². The average molecular weight is 309 g/mol. The summed E-state index contributed by atoms with van der Waals surface area (Å²) in [4.78, 5) is 0. The predicted octanol–water partition coefficient (Wildman–Crippen LogP) is 3.47. The van der Waals surface area contributed by atoms with Crippen LogP contribution in [-0.4, -0.2) is 25.9 Å². The van der Waals surface area contributed by atoms with Gasteiger partial charge < -0.3 is 19.3 Å². The summed E-state index contributed by atoms with van der Waals surface area (Å²) in [5.41, 5.74) is 0.646. The molecule has 1 unspecified atom stereocenters. The summed E-state index contributed by atoms with van der Waals surface area (Å²) in [5.74, 6) is 1.87. The molecule has 0 aliphatic carbocycles. The van der Waals surface area contributed by atoms with Gasteiger partial charge in [0.1, 0.15) is 30.0 Å². The Kier molecular flexibility index (Phi) is 5.31. The fourth-order valence-corrected chi connectivity index (χ4v) is 2.02. The Labute approximate surface area is 128 Å². The first-order valence-electron chi connectivity index (χ1n) is 6.42. The molecule has 21 heavy (non-hydrogen) atoms. The molecule has 1 N–H and O–H groups in total. The fourth-order valence-electron chi connectivity index (χ4n) is 1.89. The van der Waals surface area contributed by atoms with Crippen molar-refractivity contribution in [2.75, 3.05) is 20.8 Å². The van der Waals surface area contributed by atoms with Crippen LogP contribution in [-0.2, 0) is 0 Å². The molecule has 1 atom stereocenters. The predicted molar refractivity (Wildman–Crippen MR) is 81.5 cm³/mol. The van der Waals surface area contributed by atoms with E-state index in [1.165, 1.54) is 0 Å². The minimum atomic E-state index is -0.804. The molecular weight excluding hydrogens is 292 g/mol. The second kappa shape index (κ2) is 7.20. The third kappa shape index (κ3) is 4.03. The lowest BCUT2D eigenvalue weighted by Gasteiger charge is -2.16. The van der Waals surface area contributed by atoms with E-state index in [0.717, 1.165) is 0 Å². The lowest BCUT2D eigenvalue weighted by atomic mass is 10.1. The molecule has 0 aliphatic rings. The number of ether oxygens (including phenoxy) is 3. The van der Waals surface area contributed by atoms with Crippen molar-refractivity contribution < 1.29 is 19.3 Å². The van der Waals surface area contributed by atoms with E-state index >= 15 is 0 Å². The molecule has 0 amide bonds. The quantitative estimate of drug-likeness (QED) is 0.887. The molecule has 0 spiro atoms. The van der Waals surface area contributed by atoms with Crippen LogP contribution in [0.1, 0.15) is 11.7 Å². The number of aliphatic hydroxyl groups is 1. The van der Waals surface area contributed by atoms with Crippen LogP contribution in [0.4, 0.5) is 0 Å². The highest BCUT2D eigenvalue weighted by Gasteiger charge is 2.15. The maximum atomic E-state index is 10.2. The molecule has 2 rings (SSSR count). The van der Waals surface area contributed by atoms with E-state index in [2.05, 4.69) is 0 Å². The number of hydrogen-bond donors (Lipinski definition) is 1. The third-order valence-electron chi connectivity index (χ3n) is 3.02. The van der Waals surface area contributed by atoms with Gasteiger partial charge in [-0.2, -0.15) is 0 Å². The van der Waals surface area contributed by atoms with Crippen molar-refractivity contribution in [1.29, 1.82) is 0 Å². The largest absolute Gasteiger partial charge is 0.497 e. The van der Waals surface area contributed by atoms with Gasteiger partial charge in [0.25, 0.3) is 0 Å². The summed E-state index contributed by atoms with van der Waals surface area (Å²) in [6.07, 6.45) is -0.804. The second-order valence-corrected chi connectivity index (χ2v) is 4.83. The van der Waals surface area contributed by atoms with Gasteiger partial charge in [0.15, 0.2) is 0 Å². The molecule has 0 bridgehead atoms. The number of rotatable bonds is 6. The van der Waals surface area contributed by atoms with Gasteiger partial charge in [-0.1, -0.05) is 11.6 Å². The van der Waals surface area contributed by atoms with E-state index in [9.17, 15) is 5.11 Å². The van der Waals surface area contributed by atoms with Crippen molar-refractivity contribution in [1.82, 2.24) is 0 Å². The van der Waals surface area contributed by atoms with Gasteiger partial charge >= 0.3 is 0 Å². The summed E-state index contributed by atoms with van der Waals surface area (Å²) < 4.78 is 15.9. The first-order chi connectivity index (χ1) is 10.1. The van der Waals surface area contributed by atoms with Crippen molar-refractivity contribution in [2.45, 2.75) is 6.10 Å². The van der Waals surface area contributed by atoms with Crippen molar-refractivity contribution >= 4 is 11.6 Å². The van der Waals surface area contributed by atoms with Crippen LogP contribution in [0.15, 0.2) is 42.5 Å². The molecule has 0 saturated heterocycles. The highest BCUT2D eigenvalue weighted by molar-refractivity contribution is 6.30. The highest BCUT2D eigenvalue weighted by atomic mass is 35.5. The van der Waals surface area contributed by atoms with E-state index in [1.54, 1.807) is 56.7 Å². The minimum Gasteiger partial charge on any atom is -0.497 e. The van der Waals surface area contributed by atoms with Crippen LogP contribution in [0.5, 0.6) is 17.2 Å². The van der Waals surface area contributed by atoms with E-state index in [0.29, 0.717) is 27.8 Å². The third-order valence-corrected chi connectivity index (χ3v) is 3.27. The van der Waals surface area contributed by atoms with Crippen LogP contribution in [0.3, 0.4) is 0 Å². The Morgan fingerprint density at radius 3 is 2.29 bits per heavy atom. The Morgan fingerprint density at radius 2 is 1.67 bits per heavy atom. The maximum Gasteiger partial charge on any atom is 0.128 e. The molecule has 0 aliphatic heterocycles. The molecule has 0 aromatic heterocycles. The molecule has 5 heteroatoms. The van der Waals surface area contributed by atoms with Crippen LogP contribution in [0.2, 0.25) is 5.02 Å². The van der Waals surface area contributed by atoms with Gasteiger partial charge in [-0.15, -0.1) is 0 Å². The van der Waals surface area contributed by atoms with Gasteiger partial charge in [0.05, 0.1) is 14.2 Å². The maximum absolute atomic E-state index is 10.2. The monoisotopic (exact) mass is 308 g/mol. The summed E-state index contributed by atoms with van der Waals surface area (Å²) >= 11 is 5.81. The Balaban J connectivity index is 2.05. The molecule has 4 nitrogen and oxygen atoms in total. The lowest BCUT2D eigenvalue weighted by Crippen LogP contribution is -2.11. The molecule has 0 saturated carbocycles. The second-order valence-electron chi connectivity index (χ2n) is 4.39. The fraction of sp³-hybridized carbons (Fsp3) is 0.250. The lowest BCUT2D eigenvalue weighted by molar-refractivity contribution is 0.105. The zero-order valence-electron chi connectivity index (χ0n) is 11.9. The van der Waals surface area contributed by atoms with Gasteiger partial charge in [0.2, 0.25) is 0 Å². The molecule has 0 fully saturated rings. The first-order valence-corrected chi connectivity index (χ1v) is 6.80. The van der Waals surface area contributed by atoms with Crippen LogP contribution in [0, 0.1) is 0 Å². The SMILES string of the molecule is COc1ccc(C(O)COc2ccc(Cl)cc2)c(OC)c1. The van der Waals surface area contributed by atoms with Crippen LogP contribution in [0.25, 0.3) is 0 Å². The highest BCUT2D eigenvalue weighted by Crippen LogP contribution is 2.30. The Bertz CT molecular complexity index is 583. The minimum absolute atomic E-state index is 0.115. The molecular formula is C16H17ClO4. The van der Waals surface area contributed by atoms with Crippen molar-refractivity contribution in [3.63, 3.8) is 0 Å². The van der Waals surface area contributed by atoms with Crippen molar-refractivity contribution in [3.05, 3.63) is 53.1 Å². The summed E-state index contributed by atoms with van der Waals surface area (Å²) in [7, 11) is 3.12. The van der Waals surface area contributed by atoms with Gasteiger partial charge in [-0.05, 0) is 36.4 Å². The molecule has 2 aromatic carbocycles. The normalized spacial score (nSPS) is 11.8. The van der Waals surface area contributed by atoms with Crippen molar-refractivity contribution in [2.24, 2.45) is 0 Å². The van der Waals surface area contributed by atoms with Crippen LogP contribution < -0.4 is 14.2 Å². The van der Waals surface area contributed by atoms with Gasteiger partial charge in [0, 0.05) is 16.7 Å². The van der Waals surface area contributed by atoms with Gasteiger partial charge in [-0.25, -0.2) is 0 Å². The summed E-state index contributed by atoms with van der Waals surface area (Å²) in [6, 6.07) is 12.2. The van der Waals surface area contributed by atoms with Crippen molar-refractivity contribution in [3.8, 4) is 17.2 Å². The summed E-state index contributed by atoms with van der Waals surface area (Å²) in [6.45, 7) is 0.115. The Morgan fingerprint density at radius 1 is 1.00 bits per heavy atom. The number of methoxy groups -OCH3 is 2. The molecule has 0 heterocycles. The molecule has 2 aromatic rings. The number of halogens is 1. The number of aliphatic hydroxyl groups excluding tert-OH is 1. The summed E-state index contributed by atoms with van der Waals surface area (Å²) in [5, 5.41) is 10.9. The topological polar surface area (TPSA) is 47.9 Å². The number of hydrogen-bond acceptors (Lipinski definition) is 4. The zero-order valence-corrected chi connectivity index (χ0v) is 12.6. The average Bonchev–Trinajstić information content (AvgIpc) is 2.53. The van der Waals surface area contributed by atoms with E-state index in [-0.39, 0.29) is 6.61 Å². The number of benzene rings is 2. The molecule has 112 valence electrons. The smallest absolute Gasteiger partial charge is 0.128 e. The van der Waals surface area contributed by atoms with E-state index in [1.807, 2.05) is 0 Å². The molecule has 0 radical (unpaired) electrons. The van der Waals surface area contributed by atoms with Crippen LogP contribution >= 0.6 is 11.6 Å². The Hall–Kier alpha value is -1.91. The first kappa shape index (κ1) is 15.5. The standard InChI is InChI=1S/C16H17ClO4/c1-19-13-7-8-14(16(9-13)20-2)15(18)10-21-12-5-3-11(17)4-6-12/h3-9,15,18H,10H2,1-2H3. The van der Waals surface area contributed by atoms with E-state index in [4.69, 9.17) is 25.8 Å². The zero-order chi connectivity index (χ0) is 15.2. The van der Waals surface area contributed by atoms with E-state index < -0.39 is 6.10 Å².